The van der Waals surface area contributed by atoms with Crippen molar-refractivity contribution in [1.82, 2.24) is 4.98 Å². The number of methoxy groups -OCH3 is 1. The topological polar surface area (TPSA) is 40.6 Å². The number of nitrogens with zero attached hydrogens (tertiary/aromatic N) is 1. The van der Waals surface area contributed by atoms with Crippen LogP contribution in [0.5, 0.6) is 0 Å². The van der Waals surface area contributed by atoms with Crippen molar-refractivity contribution in [1.29, 1.82) is 0 Å². The predicted molar refractivity (Wildman–Crippen MR) is 108 cm³/mol. The molecule has 1 aliphatic rings. The minimum atomic E-state index is -1.38. The molecule has 7 heteroatoms. The fourth-order valence-corrected chi connectivity index (χ4v) is 4.13. The molecular formula is C22H18Cl2FNO3. The van der Waals surface area contributed by atoms with Crippen molar-refractivity contribution in [3.8, 4) is 0 Å². The average Bonchev–Trinajstić information content (AvgIpc) is 3.04. The normalized spacial score (nSPS) is 26.6. The van der Waals surface area contributed by atoms with Crippen LogP contribution in [0, 0.1) is 5.82 Å². The molecule has 0 amide bonds. The molecule has 1 fully saturated rings. The SMILES string of the molecule is COC1(C)OC(c2ccc(Cl)cc2Cl)C(c2ccc(F)cc2)(c2cccnc2)O1. The van der Waals surface area contributed by atoms with Crippen LogP contribution in [-0.2, 0) is 19.8 Å². The smallest absolute Gasteiger partial charge is 0.281 e. The van der Waals surface area contributed by atoms with E-state index in [9.17, 15) is 4.39 Å². The Labute approximate surface area is 178 Å². The van der Waals surface area contributed by atoms with Gasteiger partial charge in [-0.3, -0.25) is 4.98 Å². The molecule has 0 saturated carbocycles. The van der Waals surface area contributed by atoms with Crippen LogP contribution in [0.2, 0.25) is 10.0 Å². The maximum Gasteiger partial charge on any atom is 0.281 e. The summed E-state index contributed by atoms with van der Waals surface area (Å²) in [5, 5.41) is 0.919. The number of hydrogen-bond acceptors (Lipinski definition) is 4. The van der Waals surface area contributed by atoms with Gasteiger partial charge in [-0.15, -0.1) is 0 Å². The van der Waals surface area contributed by atoms with Crippen molar-refractivity contribution in [3.63, 3.8) is 0 Å². The molecule has 2 aromatic carbocycles. The van der Waals surface area contributed by atoms with Crippen LogP contribution in [-0.4, -0.2) is 18.1 Å². The highest BCUT2D eigenvalue weighted by Crippen LogP contribution is 2.56. The molecule has 150 valence electrons. The van der Waals surface area contributed by atoms with Crippen LogP contribution >= 0.6 is 23.2 Å². The number of aromatic nitrogens is 1. The zero-order valence-corrected chi connectivity index (χ0v) is 17.2. The Morgan fingerprint density at radius 3 is 2.45 bits per heavy atom. The van der Waals surface area contributed by atoms with Gasteiger partial charge >= 0.3 is 0 Å². The first kappa shape index (κ1) is 20.3. The minimum absolute atomic E-state index is 0.357. The highest BCUT2D eigenvalue weighted by molar-refractivity contribution is 6.35. The Hall–Kier alpha value is -2.02. The summed E-state index contributed by atoms with van der Waals surface area (Å²) in [6.07, 6.45) is 2.63. The summed E-state index contributed by atoms with van der Waals surface area (Å²) < 4.78 is 31.9. The molecule has 3 unspecified atom stereocenters. The second-order valence-electron chi connectivity index (χ2n) is 6.82. The molecule has 3 atom stereocenters. The van der Waals surface area contributed by atoms with E-state index < -0.39 is 17.7 Å². The monoisotopic (exact) mass is 433 g/mol. The number of halogens is 3. The number of rotatable bonds is 4. The van der Waals surface area contributed by atoms with Crippen LogP contribution in [0.4, 0.5) is 4.39 Å². The lowest BCUT2D eigenvalue weighted by molar-refractivity contribution is -0.325. The lowest BCUT2D eigenvalue weighted by Gasteiger charge is -2.34. The largest absolute Gasteiger partial charge is 0.331 e. The van der Waals surface area contributed by atoms with Crippen molar-refractivity contribution in [3.05, 3.63) is 99.5 Å². The van der Waals surface area contributed by atoms with Gasteiger partial charge in [-0.2, -0.15) is 0 Å². The molecule has 4 rings (SSSR count). The third-order valence-electron chi connectivity index (χ3n) is 5.03. The van der Waals surface area contributed by atoms with E-state index in [4.69, 9.17) is 37.4 Å². The van der Waals surface area contributed by atoms with Crippen molar-refractivity contribution < 1.29 is 18.6 Å². The number of pyridine rings is 1. The highest BCUT2D eigenvalue weighted by atomic mass is 35.5. The molecule has 3 aromatic rings. The van der Waals surface area contributed by atoms with Gasteiger partial charge in [-0.1, -0.05) is 47.5 Å². The summed E-state index contributed by atoms with van der Waals surface area (Å²) in [4.78, 5) is 4.25. The predicted octanol–water partition coefficient (Wildman–Crippen LogP) is 5.88. The molecule has 29 heavy (non-hydrogen) atoms. The maximum atomic E-state index is 13.7. The van der Waals surface area contributed by atoms with Crippen LogP contribution in [0.25, 0.3) is 0 Å². The fraction of sp³-hybridized carbons (Fsp3) is 0.227. The van der Waals surface area contributed by atoms with Crippen molar-refractivity contribution in [2.45, 2.75) is 24.6 Å². The van der Waals surface area contributed by atoms with Gasteiger partial charge in [0, 0.05) is 47.6 Å². The summed E-state index contributed by atoms with van der Waals surface area (Å²) >= 11 is 12.6. The lowest BCUT2D eigenvalue weighted by Crippen LogP contribution is -2.36. The molecule has 1 aromatic heterocycles. The molecule has 0 N–H and O–H groups in total. The first-order valence-corrected chi connectivity index (χ1v) is 9.68. The first-order valence-electron chi connectivity index (χ1n) is 8.92. The van der Waals surface area contributed by atoms with Crippen molar-refractivity contribution in [2.24, 2.45) is 0 Å². The second kappa shape index (κ2) is 7.67. The average molecular weight is 434 g/mol. The van der Waals surface area contributed by atoms with Gasteiger partial charge in [-0.05, 0) is 35.9 Å². The quantitative estimate of drug-likeness (QED) is 0.514. The Bertz CT molecular complexity index is 1020. The van der Waals surface area contributed by atoms with Gasteiger partial charge in [0.15, 0.2) is 5.60 Å². The third-order valence-corrected chi connectivity index (χ3v) is 5.59. The standard InChI is InChI=1S/C22H18Cl2FNO3/c1-21(27-2)28-20(18-10-7-16(23)12-19(18)24)22(29-21,15-4-3-11-26-13-15)14-5-8-17(25)9-6-14/h3-13,20H,1-2H3. The Balaban J connectivity index is 2.00. The minimum Gasteiger partial charge on any atom is -0.331 e. The summed E-state index contributed by atoms with van der Waals surface area (Å²) in [6, 6.07) is 14.9. The van der Waals surface area contributed by atoms with Gasteiger partial charge in [0.05, 0.1) is 0 Å². The molecule has 4 nitrogen and oxygen atoms in total. The van der Waals surface area contributed by atoms with Crippen molar-refractivity contribution in [2.75, 3.05) is 7.11 Å². The summed E-state index contributed by atoms with van der Waals surface area (Å²) in [5.41, 5.74) is 0.849. The molecule has 1 saturated heterocycles. The van der Waals surface area contributed by atoms with E-state index in [1.165, 1.54) is 19.2 Å². The third kappa shape index (κ3) is 3.54. The van der Waals surface area contributed by atoms with Gasteiger partial charge in [0.25, 0.3) is 5.97 Å². The molecular weight excluding hydrogens is 416 g/mol. The van der Waals surface area contributed by atoms with Crippen LogP contribution in [0.15, 0.2) is 67.0 Å². The van der Waals surface area contributed by atoms with Crippen LogP contribution in [0.3, 0.4) is 0 Å². The summed E-state index contributed by atoms with van der Waals surface area (Å²) in [7, 11) is 1.49. The summed E-state index contributed by atoms with van der Waals surface area (Å²) in [5.74, 6) is -1.73. The molecule has 0 bridgehead atoms. The van der Waals surface area contributed by atoms with Gasteiger partial charge in [0.1, 0.15) is 11.9 Å². The summed E-state index contributed by atoms with van der Waals surface area (Å²) in [6.45, 7) is 1.67. The molecule has 2 heterocycles. The number of ether oxygens (including phenoxy) is 3. The second-order valence-corrected chi connectivity index (χ2v) is 7.66. The fourth-order valence-electron chi connectivity index (χ4n) is 3.62. The van der Waals surface area contributed by atoms with Gasteiger partial charge < -0.3 is 14.2 Å². The number of hydrogen-bond donors (Lipinski definition) is 0. The maximum absolute atomic E-state index is 13.7. The Kier molecular flexibility index (Phi) is 5.36. The van der Waals surface area contributed by atoms with E-state index in [0.717, 1.165) is 0 Å². The van der Waals surface area contributed by atoms with Gasteiger partial charge in [0.2, 0.25) is 0 Å². The zero-order chi connectivity index (χ0) is 20.6. The molecule has 0 spiro atoms. The molecule has 0 radical (unpaired) electrons. The van der Waals surface area contributed by atoms with Crippen molar-refractivity contribution >= 4 is 23.2 Å². The molecule has 1 aliphatic heterocycles. The van der Waals surface area contributed by atoms with E-state index in [1.807, 2.05) is 6.07 Å². The van der Waals surface area contributed by atoms with Gasteiger partial charge in [-0.25, -0.2) is 4.39 Å². The lowest BCUT2D eigenvalue weighted by atomic mass is 9.79. The van der Waals surface area contributed by atoms with E-state index in [1.54, 1.807) is 55.7 Å². The zero-order valence-electron chi connectivity index (χ0n) is 15.7. The Morgan fingerprint density at radius 1 is 1.07 bits per heavy atom. The van der Waals surface area contributed by atoms with E-state index in [-0.39, 0.29) is 5.82 Å². The molecule has 0 aliphatic carbocycles. The highest BCUT2D eigenvalue weighted by Gasteiger charge is 2.59. The van der Waals surface area contributed by atoms with E-state index in [0.29, 0.717) is 26.7 Å². The van der Waals surface area contributed by atoms with Crippen LogP contribution < -0.4 is 0 Å². The van der Waals surface area contributed by atoms with E-state index in [2.05, 4.69) is 4.98 Å². The Morgan fingerprint density at radius 2 is 1.83 bits per heavy atom. The van der Waals surface area contributed by atoms with Crippen LogP contribution in [0.1, 0.15) is 29.7 Å². The van der Waals surface area contributed by atoms with E-state index >= 15 is 0 Å². The number of benzene rings is 2. The first-order chi connectivity index (χ1) is 13.9.